The largest absolute Gasteiger partial charge is 0.388 e. The number of rotatable bonds is 10. The Bertz CT molecular complexity index is 247. The highest BCUT2D eigenvalue weighted by molar-refractivity contribution is 14.0. The van der Waals surface area contributed by atoms with Crippen molar-refractivity contribution in [2.45, 2.75) is 52.1 Å². The minimum absolute atomic E-state index is 0. The maximum absolute atomic E-state index is 10.5. The summed E-state index contributed by atoms with van der Waals surface area (Å²) in [5, 5.41) is 17.0. The fourth-order valence-corrected chi connectivity index (χ4v) is 2.36. The molecule has 0 saturated heterocycles. The summed E-state index contributed by atoms with van der Waals surface area (Å²) in [5.74, 6) is 1.86. The van der Waals surface area contributed by atoms with Crippen LogP contribution in [-0.4, -0.2) is 48.3 Å². The van der Waals surface area contributed by atoms with E-state index < -0.39 is 5.60 Å². The Morgan fingerprint density at radius 1 is 1.15 bits per heavy atom. The van der Waals surface area contributed by atoms with Crippen LogP contribution in [0.15, 0.2) is 4.99 Å². The maximum atomic E-state index is 10.5. The average Bonchev–Trinajstić information content (AvgIpc) is 2.37. The molecule has 3 N–H and O–H groups in total. The summed E-state index contributed by atoms with van der Waals surface area (Å²) in [4.78, 5) is 4.53. The number of aliphatic hydroxyl groups is 1. The zero-order valence-electron chi connectivity index (χ0n) is 13.4. The zero-order valence-corrected chi connectivity index (χ0v) is 16.5. The zero-order chi connectivity index (χ0) is 14.6. The van der Waals surface area contributed by atoms with Gasteiger partial charge in [-0.1, -0.05) is 26.7 Å². The molecule has 0 aromatic carbocycles. The molecular weight excluding hydrogens is 385 g/mol. The molecule has 0 aromatic rings. The summed E-state index contributed by atoms with van der Waals surface area (Å²) in [6, 6.07) is 0. The van der Waals surface area contributed by atoms with Crippen LogP contribution in [0.3, 0.4) is 0 Å². The van der Waals surface area contributed by atoms with E-state index >= 15 is 0 Å². The average molecular weight is 417 g/mol. The van der Waals surface area contributed by atoms with Gasteiger partial charge >= 0.3 is 0 Å². The number of guanidine groups is 1. The van der Waals surface area contributed by atoms with E-state index in [0.717, 1.165) is 50.5 Å². The van der Waals surface area contributed by atoms with Gasteiger partial charge in [0.15, 0.2) is 5.96 Å². The molecule has 0 atom stereocenters. The van der Waals surface area contributed by atoms with Crippen LogP contribution in [0.5, 0.6) is 0 Å². The summed E-state index contributed by atoms with van der Waals surface area (Å²) >= 11 is 1.81. The van der Waals surface area contributed by atoms with E-state index in [-0.39, 0.29) is 24.0 Å². The molecule has 0 aliphatic heterocycles. The Morgan fingerprint density at radius 2 is 1.75 bits per heavy atom. The smallest absolute Gasteiger partial charge is 0.191 e. The van der Waals surface area contributed by atoms with Crippen molar-refractivity contribution in [2.75, 3.05) is 31.6 Å². The first-order valence-corrected chi connectivity index (χ1v) is 8.74. The van der Waals surface area contributed by atoms with Crippen molar-refractivity contribution in [3.05, 3.63) is 0 Å². The third-order valence-electron chi connectivity index (χ3n) is 2.91. The van der Waals surface area contributed by atoms with Gasteiger partial charge in [-0.25, -0.2) is 0 Å². The van der Waals surface area contributed by atoms with Crippen molar-refractivity contribution in [1.82, 2.24) is 10.6 Å². The van der Waals surface area contributed by atoms with Crippen LogP contribution in [0.1, 0.15) is 46.5 Å². The molecule has 0 bridgehead atoms. The van der Waals surface area contributed by atoms with Gasteiger partial charge in [-0.3, -0.25) is 4.99 Å². The number of thioether (sulfide) groups is 1. The number of aliphatic imine (C=N–C) groups is 1. The first-order chi connectivity index (χ1) is 9.11. The van der Waals surface area contributed by atoms with Gasteiger partial charge in [-0.15, -0.1) is 24.0 Å². The van der Waals surface area contributed by atoms with Crippen LogP contribution in [0.4, 0.5) is 0 Å². The second-order valence-corrected chi connectivity index (χ2v) is 5.82. The highest BCUT2D eigenvalue weighted by Crippen LogP contribution is 2.19. The van der Waals surface area contributed by atoms with E-state index in [0.29, 0.717) is 6.54 Å². The summed E-state index contributed by atoms with van der Waals surface area (Å²) in [7, 11) is 0. The summed E-state index contributed by atoms with van der Waals surface area (Å²) < 4.78 is 0. The fourth-order valence-electron chi connectivity index (χ4n) is 2.05. The van der Waals surface area contributed by atoms with Crippen molar-refractivity contribution >= 4 is 41.7 Å². The third kappa shape index (κ3) is 11.0. The lowest BCUT2D eigenvalue weighted by atomic mass is 9.93. The van der Waals surface area contributed by atoms with Gasteiger partial charge < -0.3 is 15.7 Å². The van der Waals surface area contributed by atoms with Gasteiger partial charge in [0.05, 0.1) is 12.1 Å². The Kier molecular flexibility index (Phi) is 16.1. The first kappa shape index (κ1) is 22.6. The Morgan fingerprint density at radius 3 is 2.20 bits per heavy atom. The molecule has 0 amide bonds. The van der Waals surface area contributed by atoms with Gasteiger partial charge in [0.25, 0.3) is 0 Å². The molecule has 0 fully saturated rings. The molecule has 0 aliphatic rings. The van der Waals surface area contributed by atoms with Crippen LogP contribution in [0.25, 0.3) is 0 Å². The molecule has 0 aliphatic carbocycles. The number of hydrogen-bond donors (Lipinski definition) is 3. The topological polar surface area (TPSA) is 56.7 Å². The molecule has 6 heteroatoms. The highest BCUT2D eigenvalue weighted by Gasteiger charge is 2.24. The van der Waals surface area contributed by atoms with E-state index in [9.17, 15) is 5.11 Å². The molecule has 122 valence electrons. The molecular formula is C14H32IN3OS. The van der Waals surface area contributed by atoms with Crippen LogP contribution in [0, 0.1) is 0 Å². The molecule has 4 nitrogen and oxygen atoms in total. The maximum Gasteiger partial charge on any atom is 0.191 e. The second-order valence-electron chi connectivity index (χ2n) is 4.84. The Balaban J connectivity index is 0. The summed E-state index contributed by atoms with van der Waals surface area (Å²) in [6.07, 6.45) is 5.70. The lowest BCUT2D eigenvalue weighted by Gasteiger charge is -2.26. The van der Waals surface area contributed by atoms with Gasteiger partial charge in [-0.05, 0) is 26.0 Å². The SMILES string of the molecule is CCCC(O)(CCC)CN=C(NCC)NCCSC.I. The standard InChI is InChI=1S/C14H31N3OS.HI/c1-5-8-14(18,9-6-2)12-17-13(15-7-3)16-10-11-19-4;/h18H,5-12H2,1-4H3,(H2,15,16,17);1H. The van der Waals surface area contributed by atoms with Crippen molar-refractivity contribution in [2.24, 2.45) is 4.99 Å². The van der Waals surface area contributed by atoms with Crippen LogP contribution in [-0.2, 0) is 0 Å². The van der Waals surface area contributed by atoms with E-state index in [2.05, 4.69) is 42.7 Å². The quantitative estimate of drug-likeness (QED) is 0.222. The highest BCUT2D eigenvalue weighted by atomic mass is 127. The number of hydrogen-bond acceptors (Lipinski definition) is 3. The lowest BCUT2D eigenvalue weighted by Crippen LogP contribution is -2.40. The second kappa shape index (κ2) is 14.3. The van der Waals surface area contributed by atoms with Crippen LogP contribution >= 0.6 is 35.7 Å². The van der Waals surface area contributed by atoms with Crippen molar-refractivity contribution < 1.29 is 5.11 Å². The van der Waals surface area contributed by atoms with Gasteiger partial charge in [0, 0.05) is 18.8 Å². The predicted molar refractivity (Wildman–Crippen MR) is 103 cm³/mol. The Labute approximate surface area is 146 Å². The van der Waals surface area contributed by atoms with Crippen molar-refractivity contribution in [1.29, 1.82) is 0 Å². The third-order valence-corrected chi connectivity index (χ3v) is 3.52. The summed E-state index contributed by atoms with van der Waals surface area (Å²) in [6.45, 7) is 8.47. The van der Waals surface area contributed by atoms with Crippen LogP contribution < -0.4 is 10.6 Å². The van der Waals surface area contributed by atoms with Crippen molar-refractivity contribution in [3.8, 4) is 0 Å². The summed E-state index contributed by atoms with van der Waals surface area (Å²) in [5.41, 5.74) is -0.647. The first-order valence-electron chi connectivity index (χ1n) is 7.35. The fraction of sp³-hybridized carbons (Fsp3) is 0.929. The van der Waals surface area contributed by atoms with Gasteiger partial charge in [0.2, 0.25) is 0 Å². The molecule has 0 radical (unpaired) electrons. The van der Waals surface area contributed by atoms with E-state index in [1.165, 1.54) is 0 Å². The van der Waals surface area contributed by atoms with Crippen LogP contribution in [0.2, 0.25) is 0 Å². The van der Waals surface area contributed by atoms with Crippen molar-refractivity contribution in [3.63, 3.8) is 0 Å². The van der Waals surface area contributed by atoms with E-state index in [1.54, 1.807) is 11.8 Å². The molecule has 20 heavy (non-hydrogen) atoms. The minimum atomic E-state index is -0.647. The molecule has 0 saturated carbocycles. The normalized spacial score (nSPS) is 11.9. The number of halogens is 1. The van der Waals surface area contributed by atoms with E-state index in [4.69, 9.17) is 0 Å². The number of nitrogens with zero attached hydrogens (tertiary/aromatic N) is 1. The molecule has 0 aromatic heterocycles. The minimum Gasteiger partial charge on any atom is -0.388 e. The Hall–Kier alpha value is 0.310. The molecule has 0 unspecified atom stereocenters. The number of nitrogens with one attached hydrogen (secondary N) is 2. The molecule has 0 rings (SSSR count). The predicted octanol–water partition coefficient (Wildman–Crippen LogP) is 2.85. The lowest BCUT2D eigenvalue weighted by molar-refractivity contribution is 0.0306. The van der Waals surface area contributed by atoms with E-state index in [1.807, 2.05) is 0 Å². The van der Waals surface area contributed by atoms with Gasteiger partial charge in [-0.2, -0.15) is 11.8 Å². The monoisotopic (exact) mass is 417 g/mol. The molecule has 0 spiro atoms. The molecule has 0 heterocycles. The van der Waals surface area contributed by atoms with Gasteiger partial charge in [0.1, 0.15) is 0 Å².